The number of hydrogen-bond acceptors (Lipinski definition) is 7. The first-order valence-corrected chi connectivity index (χ1v) is 13.3. The molecule has 43 heavy (non-hydrogen) atoms. The lowest BCUT2D eigenvalue weighted by atomic mass is 9.99. The van der Waals surface area contributed by atoms with Crippen LogP contribution in [-0.4, -0.2) is 23.2 Å². The van der Waals surface area contributed by atoms with Gasteiger partial charge in [-0.1, -0.05) is 42.5 Å². The van der Waals surface area contributed by atoms with E-state index in [2.05, 4.69) is 10.6 Å². The molecule has 0 bridgehead atoms. The van der Waals surface area contributed by atoms with Gasteiger partial charge in [-0.2, -0.15) is 5.26 Å². The molecule has 0 fully saturated rings. The molecule has 4 aromatic carbocycles. The molecule has 4 rings (SSSR count). The van der Waals surface area contributed by atoms with E-state index in [9.17, 15) is 19.1 Å². The summed E-state index contributed by atoms with van der Waals surface area (Å²) >= 11 is 0. The highest BCUT2D eigenvalue weighted by molar-refractivity contribution is 6.01. The minimum atomic E-state index is -1.12. The van der Waals surface area contributed by atoms with E-state index >= 15 is 0 Å². The Bertz CT molecular complexity index is 1620. The van der Waals surface area contributed by atoms with Crippen LogP contribution in [0.15, 0.2) is 109 Å². The number of anilines is 3. The van der Waals surface area contributed by atoms with Gasteiger partial charge in [-0.3, -0.25) is 10.1 Å². The van der Waals surface area contributed by atoms with Gasteiger partial charge in [0.2, 0.25) is 5.91 Å². The number of phenols is 1. The smallest absolute Gasteiger partial charge is 0.412 e. The highest BCUT2D eigenvalue weighted by atomic mass is 19.1. The van der Waals surface area contributed by atoms with Gasteiger partial charge in [-0.25, -0.2) is 9.18 Å². The van der Waals surface area contributed by atoms with Gasteiger partial charge in [0.1, 0.15) is 11.9 Å². The third kappa shape index (κ3) is 8.83. The van der Waals surface area contributed by atoms with Crippen LogP contribution >= 0.6 is 0 Å². The number of ether oxygens (including phenoxy) is 2. The van der Waals surface area contributed by atoms with E-state index in [1.54, 1.807) is 78.9 Å². The summed E-state index contributed by atoms with van der Waals surface area (Å²) in [5, 5.41) is 24.1. The van der Waals surface area contributed by atoms with Gasteiger partial charge in [0, 0.05) is 5.69 Å². The summed E-state index contributed by atoms with van der Waals surface area (Å²) < 4.78 is 26.5. The third-order valence-electron chi connectivity index (χ3n) is 6.27. The van der Waals surface area contributed by atoms with E-state index in [0.29, 0.717) is 34.8 Å². The molecular weight excluding hydrogens is 551 g/mol. The normalized spacial score (nSPS) is 12.1. The maximum atomic E-state index is 14.5. The van der Waals surface area contributed by atoms with Crippen LogP contribution in [0.4, 0.5) is 26.2 Å². The molecule has 5 N–H and O–H groups in total. The number of para-hydroxylation sites is 3. The Labute approximate surface area is 248 Å². The zero-order chi connectivity index (χ0) is 30.6. The number of nitrogens with zero attached hydrogens (tertiary/aromatic N) is 1. The molecule has 0 aromatic heterocycles. The number of nitrogen functional groups attached to an aromatic ring is 1. The monoisotopic (exact) mass is 580 g/mol. The summed E-state index contributed by atoms with van der Waals surface area (Å²) in [7, 11) is 0. The second-order valence-electron chi connectivity index (χ2n) is 9.38. The number of carbonyl (C=O) groups excluding carboxylic acids is 2. The van der Waals surface area contributed by atoms with Crippen LogP contribution in [0, 0.1) is 17.1 Å². The maximum absolute atomic E-state index is 14.5. The number of carbonyl (C=O) groups is 2. The Morgan fingerprint density at radius 1 is 0.977 bits per heavy atom. The lowest BCUT2D eigenvalue weighted by molar-refractivity contribution is -0.111. The third-order valence-corrected chi connectivity index (χ3v) is 6.27. The molecule has 0 aliphatic carbocycles. The molecule has 0 unspecified atom stereocenters. The number of nitrogens with two attached hydrogens (primary N) is 1. The first kappa shape index (κ1) is 30.1. The Morgan fingerprint density at radius 2 is 1.70 bits per heavy atom. The molecule has 218 valence electrons. The quantitative estimate of drug-likeness (QED) is 0.114. The predicted octanol–water partition coefficient (Wildman–Crippen LogP) is 6.70. The van der Waals surface area contributed by atoms with Crippen molar-refractivity contribution >= 4 is 29.1 Å². The molecule has 10 heteroatoms. The largest absolute Gasteiger partial charge is 0.505 e. The Kier molecular flexibility index (Phi) is 10.3. The van der Waals surface area contributed by atoms with E-state index in [1.807, 2.05) is 12.1 Å². The van der Waals surface area contributed by atoms with Crippen molar-refractivity contribution in [3.63, 3.8) is 0 Å². The van der Waals surface area contributed by atoms with Crippen molar-refractivity contribution in [2.45, 2.75) is 25.0 Å². The minimum absolute atomic E-state index is 0.243. The van der Waals surface area contributed by atoms with Crippen molar-refractivity contribution in [2.24, 2.45) is 0 Å². The van der Waals surface area contributed by atoms with Crippen LogP contribution in [-0.2, 0) is 9.53 Å². The van der Waals surface area contributed by atoms with Gasteiger partial charge in [0.05, 0.1) is 23.0 Å². The summed E-state index contributed by atoms with van der Waals surface area (Å²) in [6.45, 7) is 0. The number of allylic oxidation sites excluding steroid dienone is 1. The summed E-state index contributed by atoms with van der Waals surface area (Å²) in [6, 6.07) is 27.6. The maximum Gasteiger partial charge on any atom is 0.412 e. The summed E-state index contributed by atoms with van der Waals surface area (Å²) in [5.41, 5.74) is 7.85. The fourth-order valence-corrected chi connectivity index (χ4v) is 4.13. The first-order chi connectivity index (χ1) is 20.8. The topological polar surface area (TPSA) is 147 Å². The van der Waals surface area contributed by atoms with E-state index in [-0.39, 0.29) is 17.9 Å². The minimum Gasteiger partial charge on any atom is -0.505 e. The molecule has 9 nitrogen and oxygen atoms in total. The summed E-state index contributed by atoms with van der Waals surface area (Å²) in [4.78, 5) is 25.4. The zero-order valence-electron chi connectivity index (χ0n) is 22.9. The second kappa shape index (κ2) is 14.7. The molecule has 0 radical (unpaired) electrons. The number of amides is 2. The number of benzene rings is 4. The Balaban J connectivity index is 1.55. The first-order valence-electron chi connectivity index (χ1n) is 13.3. The lowest BCUT2D eigenvalue weighted by Crippen LogP contribution is -2.31. The van der Waals surface area contributed by atoms with Gasteiger partial charge in [0.15, 0.2) is 17.7 Å². The summed E-state index contributed by atoms with van der Waals surface area (Å²) in [6.07, 6.45) is 0.771. The van der Waals surface area contributed by atoms with E-state index in [1.165, 1.54) is 18.2 Å². The van der Waals surface area contributed by atoms with Crippen molar-refractivity contribution in [1.82, 2.24) is 0 Å². The van der Waals surface area contributed by atoms with E-state index < -0.39 is 29.9 Å². The molecule has 0 aliphatic heterocycles. The number of nitrogens with one attached hydrogen (secondary N) is 2. The molecular formula is C33H29FN4O5. The number of hydrogen-bond donors (Lipinski definition) is 4. The number of rotatable bonds is 11. The van der Waals surface area contributed by atoms with Crippen molar-refractivity contribution in [3.05, 3.63) is 126 Å². The lowest BCUT2D eigenvalue weighted by Gasteiger charge is -2.28. The Morgan fingerprint density at radius 3 is 2.40 bits per heavy atom. The molecule has 2 atom stereocenters. The number of nitriles is 1. The standard InChI is InChI=1S/C33H29FN4O5/c34-26-20-23(16-19-29(26)39)32(43-33(41)37-24-17-14-22(21-35)15-18-24)30(42-25-8-2-1-3-9-25)12-6-7-13-31(40)38-28-11-5-4-10-27(28)36/h1-5,7-11,13-20,30,32,39H,6,12,36H2,(H,37,41)(H,38,40)/b13-7+/t30-,32-/m0/s1. The van der Waals surface area contributed by atoms with Crippen LogP contribution in [0.2, 0.25) is 0 Å². The van der Waals surface area contributed by atoms with Crippen molar-refractivity contribution in [3.8, 4) is 17.6 Å². The van der Waals surface area contributed by atoms with Gasteiger partial charge in [-0.05, 0) is 85.1 Å². The number of aromatic hydroxyl groups is 1. The molecule has 4 aromatic rings. The van der Waals surface area contributed by atoms with Gasteiger partial charge >= 0.3 is 6.09 Å². The number of halogens is 1. The van der Waals surface area contributed by atoms with Gasteiger partial charge < -0.3 is 25.6 Å². The van der Waals surface area contributed by atoms with Crippen LogP contribution < -0.4 is 21.1 Å². The highest BCUT2D eigenvalue weighted by Crippen LogP contribution is 2.31. The molecule has 0 saturated heterocycles. The zero-order valence-corrected chi connectivity index (χ0v) is 22.9. The molecule has 0 heterocycles. The second-order valence-corrected chi connectivity index (χ2v) is 9.38. The molecule has 2 amide bonds. The van der Waals surface area contributed by atoms with Crippen LogP contribution in [0.5, 0.6) is 11.5 Å². The SMILES string of the molecule is N#Cc1ccc(NC(=O)O[C@@H](c2ccc(O)c(F)c2)[C@H](CC/C=C/C(=O)Nc2ccccc2N)Oc2ccccc2)cc1. The molecule has 0 saturated carbocycles. The van der Waals surface area contributed by atoms with E-state index in [4.69, 9.17) is 20.5 Å². The Hall–Kier alpha value is -5.82. The van der Waals surface area contributed by atoms with Crippen LogP contribution in [0.25, 0.3) is 0 Å². The van der Waals surface area contributed by atoms with Gasteiger partial charge in [0.25, 0.3) is 0 Å². The van der Waals surface area contributed by atoms with Crippen molar-refractivity contribution in [2.75, 3.05) is 16.4 Å². The average Bonchev–Trinajstić information content (AvgIpc) is 3.01. The fourth-order valence-electron chi connectivity index (χ4n) is 4.13. The summed E-state index contributed by atoms with van der Waals surface area (Å²) in [5.74, 6) is -1.35. The van der Waals surface area contributed by atoms with Crippen molar-refractivity contribution in [1.29, 1.82) is 5.26 Å². The average molecular weight is 581 g/mol. The van der Waals surface area contributed by atoms with Crippen LogP contribution in [0.3, 0.4) is 0 Å². The van der Waals surface area contributed by atoms with E-state index in [0.717, 1.165) is 6.07 Å². The van der Waals surface area contributed by atoms with Crippen molar-refractivity contribution < 1.29 is 28.6 Å². The molecule has 0 spiro atoms. The molecule has 0 aliphatic rings. The highest BCUT2D eigenvalue weighted by Gasteiger charge is 2.30. The fraction of sp³-hybridized carbons (Fsp3) is 0.121. The van der Waals surface area contributed by atoms with Crippen LogP contribution in [0.1, 0.15) is 30.1 Å². The number of phenolic OH excluding ortho intramolecular Hbond substituents is 1. The predicted molar refractivity (Wildman–Crippen MR) is 161 cm³/mol. The van der Waals surface area contributed by atoms with Gasteiger partial charge in [-0.15, -0.1) is 0 Å².